The lowest BCUT2D eigenvalue weighted by Crippen LogP contribution is -2.26. The van der Waals surface area contributed by atoms with Crippen LogP contribution in [0.1, 0.15) is 40.7 Å². The first-order valence-electron chi connectivity index (χ1n) is 9.06. The standard InChI is InChI=1S/C20H27N3O2S/c1-14-11-15(2)17(4)20(16(14)3)26(24,25)22-13-18-7-8-21-19(12-18)23-9-5-6-10-23/h7-8,11-12,22H,5-6,9-10,13H2,1-4H3. The fraction of sp³-hybridized carbons (Fsp3) is 0.450. The molecule has 0 aliphatic carbocycles. The molecule has 2 aromatic rings. The van der Waals surface area contributed by atoms with Crippen molar-refractivity contribution in [1.29, 1.82) is 0 Å². The van der Waals surface area contributed by atoms with Crippen LogP contribution in [0, 0.1) is 27.7 Å². The molecule has 0 amide bonds. The quantitative estimate of drug-likeness (QED) is 0.873. The minimum absolute atomic E-state index is 0.261. The molecular formula is C20H27N3O2S. The van der Waals surface area contributed by atoms with Crippen LogP contribution >= 0.6 is 0 Å². The van der Waals surface area contributed by atoms with Crippen molar-refractivity contribution in [2.45, 2.75) is 52.0 Å². The van der Waals surface area contributed by atoms with Crippen molar-refractivity contribution in [3.63, 3.8) is 0 Å². The van der Waals surface area contributed by atoms with Gasteiger partial charge >= 0.3 is 0 Å². The van der Waals surface area contributed by atoms with Crippen LogP contribution < -0.4 is 9.62 Å². The molecule has 140 valence electrons. The number of benzene rings is 1. The Hall–Kier alpha value is -1.92. The van der Waals surface area contributed by atoms with Gasteiger partial charge in [-0.15, -0.1) is 0 Å². The highest BCUT2D eigenvalue weighted by Crippen LogP contribution is 2.26. The first-order chi connectivity index (χ1) is 12.3. The predicted octanol–water partition coefficient (Wildman–Crippen LogP) is 3.39. The normalized spacial score (nSPS) is 14.8. The number of nitrogens with zero attached hydrogens (tertiary/aromatic N) is 2. The third-order valence-electron chi connectivity index (χ3n) is 5.27. The number of sulfonamides is 1. The lowest BCUT2D eigenvalue weighted by atomic mass is 10.0. The van der Waals surface area contributed by atoms with Gasteiger partial charge in [0.25, 0.3) is 0 Å². The zero-order valence-electron chi connectivity index (χ0n) is 16.0. The van der Waals surface area contributed by atoms with E-state index in [1.54, 1.807) is 6.20 Å². The summed E-state index contributed by atoms with van der Waals surface area (Å²) in [5, 5.41) is 0. The molecule has 1 aromatic carbocycles. The van der Waals surface area contributed by atoms with E-state index in [-0.39, 0.29) is 6.54 Å². The number of aromatic nitrogens is 1. The highest BCUT2D eigenvalue weighted by atomic mass is 32.2. The number of anilines is 1. The van der Waals surface area contributed by atoms with Crippen molar-refractivity contribution in [1.82, 2.24) is 9.71 Å². The van der Waals surface area contributed by atoms with Crippen LogP contribution in [0.5, 0.6) is 0 Å². The van der Waals surface area contributed by atoms with Crippen molar-refractivity contribution in [2.75, 3.05) is 18.0 Å². The van der Waals surface area contributed by atoms with Crippen molar-refractivity contribution >= 4 is 15.8 Å². The van der Waals surface area contributed by atoms with Crippen molar-refractivity contribution < 1.29 is 8.42 Å². The van der Waals surface area contributed by atoms with E-state index in [1.807, 2.05) is 45.9 Å². The maximum absolute atomic E-state index is 13.0. The molecule has 0 saturated carbocycles. The van der Waals surface area contributed by atoms with Gasteiger partial charge in [-0.1, -0.05) is 6.07 Å². The lowest BCUT2D eigenvalue weighted by Gasteiger charge is -2.18. The van der Waals surface area contributed by atoms with E-state index >= 15 is 0 Å². The molecule has 0 atom stereocenters. The SMILES string of the molecule is Cc1cc(C)c(C)c(S(=O)(=O)NCc2ccnc(N3CCCC3)c2)c1C. The second kappa shape index (κ2) is 7.37. The molecule has 0 unspecified atom stereocenters. The molecule has 1 aliphatic rings. The van der Waals surface area contributed by atoms with Gasteiger partial charge < -0.3 is 4.90 Å². The largest absolute Gasteiger partial charge is 0.357 e. The van der Waals surface area contributed by atoms with Crippen LogP contribution in [0.3, 0.4) is 0 Å². The Balaban J connectivity index is 1.82. The maximum Gasteiger partial charge on any atom is 0.241 e. The number of hydrogen-bond donors (Lipinski definition) is 1. The third-order valence-corrected chi connectivity index (χ3v) is 6.95. The molecule has 1 aliphatic heterocycles. The van der Waals surface area contributed by atoms with Crippen LogP contribution in [-0.4, -0.2) is 26.5 Å². The molecule has 26 heavy (non-hydrogen) atoms. The Morgan fingerprint density at radius 1 is 1.04 bits per heavy atom. The van der Waals surface area contributed by atoms with Gasteiger partial charge in [0.15, 0.2) is 0 Å². The van der Waals surface area contributed by atoms with Crippen LogP contribution in [0.4, 0.5) is 5.82 Å². The second-order valence-corrected chi connectivity index (χ2v) is 8.83. The summed E-state index contributed by atoms with van der Waals surface area (Å²) in [5.74, 6) is 0.929. The van der Waals surface area contributed by atoms with E-state index in [0.29, 0.717) is 4.90 Å². The Morgan fingerprint density at radius 3 is 2.27 bits per heavy atom. The molecule has 0 radical (unpaired) electrons. The Bertz CT molecular complexity index is 891. The minimum atomic E-state index is -3.58. The van der Waals surface area contributed by atoms with Crippen LogP contribution in [0.2, 0.25) is 0 Å². The van der Waals surface area contributed by atoms with Gasteiger partial charge in [0, 0.05) is 25.8 Å². The van der Waals surface area contributed by atoms with Gasteiger partial charge in [-0.25, -0.2) is 18.1 Å². The van der Waals surface area contributed by atoms with Crippen LogP contribution in [-0.2, 0) is 16.6 Å². The molecule has 1 aromatic heterocycles. The molecule has 2 heterocycles. The predicted molar refractivity (Wildman–Crippen MR) is 105 cm³/mol. The van der Waals surface area contributed by atoms with Crippen molar-refractivity contribution in [2.24, 2.45) is 0 Å². The molecule has 0 spiro atoms. The van der Waals surface area contributed by atoms with E-state index in [9.17, 15) is 8.42 Å². The number of hydrogen-bond acceptors (Lipinski definition) is 4. The van der Waals surface area contributed by atoms with E-state index in [2.05, 4.69) is 14.6 Å². The lowest BCUT2D eigenvalue weighted by molar-refractivity contribution is 0.579. The highest BCUT2D eigenvalue weighted by molar-refractivity contribution is 7.89. The summed E-state index contributed by atoms with van der Waals surface area (Å²) in [6.45, 7) is 9.93. The van der Waals surface area contributed by atoms with Gasteiger partial charge in [0.2, 0.25) is 10.0 Å². The third kappa shape index (κ3) is 3.76. The smallest absolute Gasteiger partial charge is 0.241 e. The minimum Gasteiger partial charge on any atom is -0.357 e. The van der Waals surface area contributed by atoms with E-state index < -0.39 is 10.0 Å². The summed E-state index contributed by atoms with van der Waals surface area (Å²) in [5.41, 5.74) is 4.54. The summed E-state index contributed by atoms with van der Waals surface area (Å²) in [6, 6.07) is 5.88. The maximum atomic E-state index is 13.0. The van der Waals surface area contributed by atoms with Crippen molar-refractivity contribution in [3.05, 3.63) is 52.2 Å². The average molecular weight is 374 g/mol. The molecule has 1 saturated heterocycles. The number of rotatable bonds is 5. The Labute approximate surface area is 156 Å². The molecule has 0 bridgehead atoms. The summed E-state index contributed by atoms with van der Waals surface area (Å²) < 4.78 is 28.7. The molecule has 1 N–H and O–H groups in total. The van der Waals surface area contributed by atoms with Crippen LogP contribution in [0.25, 0.3) is 0 Å². The zero-order chi connectivity index (χ0) is 18.9. The Morgan fingerprint density at radius 2 is 1.65 bits per heavy atom. The zero-order valence-corrected chi connectivity index (χ0v) is 16.8. The Kier molecular flexibility index (Phi) is 5.34. The number of pyridine rings is 1. The number of aryl methyl sites for hydroxylation is 2. The highest BCUT2D eigenvalue weighted by Gasteiger charge is 2.22. The first kappa shape index (κ1) is 18.9. The molecular weight excluding hydrogens is 346 g/mol. The average Bonchev–Trinajstić information content (AvgIpc) is 3.13. The van der Waals surface area contributed by atoms with Gasteiger partial charge in [0.1, 0.15) is 5.82 Å². The van der Waals surface area contributed by atoms with Gasteiger partial charge in [-0.3, -0.25) is 0 Å². The fourth-order valence-electron chi connectivity index (χ4n) is 3.52. The first-order valence-corrected chi connectivity index (χ1v) is 10.5. The fourth-order valence-corrected chi connectivity index (χ4v) is 5.15. The topological polar surface area (TPSA) is 62.3 Å². The molecule has 1 fully saturated rings. The summed E-state index contributed by atoms with van der Waals surface area (Å²) >= 11 is 0. The molecule has 6 heteroatoms. The second-order valence-electron chi connectivity index (χ2n) is 7.13. The number of nitrogens with one attached hydrogen (secondary N) is 1. The summed E-state index contributed by atoms with van der Waals surface area (Å²) in [7, 11) is -3.58. The summed E-state index contributed by atoms with van der Waals surface area (Å²) in [4.78, 5) is 7.08. The van der Waals surface area contributed by atoms with Gasteiger partial charge in [0.05, 0.1) is 4.90 Å². The monoisotopic (exact) mass is 373 g/mol. The van der Waals surface area contributed by atoms with Crippen LogP contribution in [0.15, 0.2) is 29.3 Å². The van der Waals surface area contributed by atoms with E-state index in [1.165, 1.54) is 12.8 Å². The van der Waals surface area contributed by atoms with Crippen molar-refractivity contribution in [3.8, 4) is 0 Å². The molecule has 3 rings (SSSR count). The van der Waals surface area contributed by atoms with E-state index in [4.69, 9.17) is 0 Å². The van der Waals surface area contributed by atoms with Gasteiger partial charge in [-0.2, -0.15) is 0 Å². The summed E-state index contributed by atoms with van der Waals surface area (Å²) in [6.07, 6.45) is 4.12. The van der Waals surface area contributed by atoms with Gasteiger partial charge in [-0.05, 0) is 80.5 Å². The van der Waals surface area contributed by atoms with E-state index in [0.717, 1.165) is 46.7 Å². The molecule has 5 nitrogen and oxygen atoms in total.